The van der Waals surface area contributed by atoms with E-state index in [9.17, 15) is 8.42 Å². The van der Waals surface area contributed by atoms with Gasteiger partial charge in [-0.1, -0.05) is 31.4 Å². The Kier molecular flexibility index (Phi) is 3.13. The maximum absolute atomic E-state index is 11.0. The second kappa shape index (κ2) is 3.98. The molecular weight excluding hydrogens is 220 g/mol. The molecule has 0 aliphatic carbocycles. The van der Waals surface area contributed by atoms with Crippen LogP contribution in [-0.2, 0) is 9.05 Å². The predicted octanol–water partition coefficient (Wildman–Crippen LogP) is 2.90. The zero-order chi connectivity index (χ0) is 10.8. The molecule has 0 aliphatic rings. The van der Waals surface area contributed by atoms with Crippen LogP contribution in [0.2, 0.25) is 0 Å². The van der Waals surface area contributed by atoms with Gasteiger partial charge in [0.15, 0.2) is 0 Å². The van der Waals surface area contributed by atoms with E-state index in [0.29, 0.717) is 5.56 Å². The third kappa shape index (κ3) is 2.25. The molecule has 0 saturated carbocycles. The van der Waals surface area contributed by atoms with Gasteiger partial charge in [-0.2, -0.15) is 0 Å². The van der Waals surface area contributed by atoms with Crippen molar-refractivity contribution in [3.63, 3.8) is 0 Å². The second-order valence-corrected chi connectivity index (χ2v) is 5.20. The van der Waals surface area contributed by atoms with Crippen LogP contribution in [0.15, 0.2) is 36.3 Å². The first-order valence-corrected chi connectivity index (χ1v) is 6.13. The smallest absolute Gasteiger partial charge is 0.207 e. The molecule has 1 rings (SSSR count). The summed E-state index contributed by atoms with van der Waals surface area (Å²) in [4.78, 5) is 0.0691. The van der Waals surface area contributed by atoms with E-state index in [0.717, 1.165) is 5.56 Å². The van der Waals surface area contributed by atoms with Crippen molar-refractivity contribution in [3.05, 3.63) is 42.5 Å². The van der Waals surface area contributed by atoms with Crippen molar-refractivity contribution < 1.29 is 8.42 Å². The van der Waals surface area contributed by atoms with E-state index < -0.39 is 9.05 Å². The molecule has 1 aromatic carbocycles. The molecule has 4 heteroatoms. The lowest BCUT2D eigenvalue weighted by molar-refractivity contribution is 0.609. The Morgan fingerprint density at radius 1 is 1.14 bits per heavy atom. The molecule has 0 saturated heterocycles. The minimum atomic E-state index is -3.67. The molecule has 0 atom stereocenters. The fourth-order valence-corrected chi connectivity index (χ4v) is 1.85. The third-order valence-corrected chi connectivity index (χ3v) is 3.13. The van der Waals surface area contributed by atoms with E-state index in [4.69, 9.17) is 10.7 Å². The quantitative estimate of drug-likeness (QED) is 0.746. The Bertz CT molecular complexity index is 475. The van der Waals surface area contributed by atoms with Crippen LogP contribution in [0.5, 0.6) is 0 Å². The van der Waals surface area contributed by atoms with Gasteiger partial charge in [0, 0.05) is 10.7 Å². The molecular formula is C10H9ClO2S. The number of rotatable bonds is 3. The lowest BCUT2D eigenvalue weighted by Crippen LogP contribution is -1.92. The van der Waals surface area contributed by atoms with Crippen molar-refractivity contribution in [3.8, 4) is 0 Å². The molecule has 0 spiro atoms. The third-order valence-electron chi connectivity index (χ3n) is 1.78. The van der Waals surface area contributed by atoms with E-state index in [1.165, 1.54) is 12.1 Å². The van der Waals surface area contributed by atoms with Crippen LogP contribution in [0.25, 0.3) is 12.2 Å². The normalized spacial score (nSPS) is 10.9. The van der Waals surface area contributed by atoms with E-state index in [-0.39, 0.29) is 4.90 Å². The summed E-state index contributed by atoms with van der Waals surface area (Å²) in [5, 5.41) is 0. The zero-order valence-corrected chi connectivity index (χ0v) is 8.98. The van der Waals surface area contributed by atoms with Crippen molar-refractivity contribution in [2.24, 2.45) is 0 Å². The Morgan fingerprint density at radius 2 is 1.71 bits per heavy atom. The van der Waals surface area contributed by atoms with E-state index in [2.05, 4.69) is 13.2 Å². The molecule has 0 aromatic heterocycles. The van der Waals surface area contributed by atoms with Gasteiger partial charge >= 0.3 is 0 Å². The van der Waals surface area contributed by atoms with E-state index in [1.807, 2.05) is 0 Å². The van der Waals surface area contributed by atoms with E-state index in [1.54, 1.807) is 18.2 Å². The Balaban J connectivity index is 3.42. The lowest BCUT2D eigenvalue weighted by Gasteiger charge is -2.02. The largest absolute Gasteiger partial charge is 0.261 e. The van der Waals surface area contributed by atoms with Crippen molar-refractivity contribution >= 4 is 31.9 Å². The summed E-state index contributed by atoms with van der Waals surface area (Å²) in [7, 11) is 1.52. The van der Waals surface area contributed by atoms with Crippen LogP contribution >= 0.6 is 10.7 Å². The average Bonchev–Trinajstić information content (AvgIpc) is 2.15. The minimum absolute atomic E-state index is 0.0691. The maximum Gasteiger partial charge on any atom is 0.261 e. The van der Waals surface area contributed by atoms with E-state index >= 15 is 0 Å². The fourth-order valence-electron chi connectivity index (χ4n) is 1.07. The highest BCUT2D eigenvalue weighted by atomic mass is 35.7. The molecule has 0 amide bonds. The molecule has 0 bridgehead atoms. The highest BCUT2D eigenvalue weighted by Gasteiger charge is 2.10. The molecule has 0 heterocycles. The summed E-state index contributed by atoms with van der Waals surface area (Å²) in [6, 6.07) is 4.54. The number of halogens is 1. The van der Waals surface area contributed by atoms with Gasteiger partial charge in [-0.3, -0.25) is 0 Å². The van der Waals surface area contributed by atoms with Crippen molar-refractivity contribution in [2.45, 2.75) is 4.90 Å². The summed E-state index contributed by atoms with van der Waals surface area (Å²) in [6.45, 7) is 7.18. The molecule has 14 heavy (non-hydrogen) atoms. The van der Waals surface area contributed by atoms with Crippen LogP contribution in [0, 0.1) is 0 Å². The van der Waals surface area contributed by atoms with Crippen LogP contribution < -0.4 is 0 Å². The molecule has 0 fully saturated rings. The fraction of sp³-hybridized carbons (Fsp3) is 0. The lowest BCUT2D eigenvalue weighted by atomic mass is 10.1. The summed E-state index contributed by atoms with van der Waals surface area (Å²) >= 11 is 0. The molecule has 0 N–H and O–H groups in total. The van der Waals surface area contributed by atoms with Gasteiger partial charge in [0.2, 0.25) is 0 Å². The predicted molar refractivity (Wildman–Crippen MR) is 59.7 cm³/mol. The SMILES string of the molecule is C=Cc1ccc(S(=O)(=O)Cl)cc1C=C. The monoisotopic (exact) mass is 228 g/mol. The van der Waals surface area contributed by atoms with Gasteiger partial charge in [-0.15, -0.1) is 0 Å². The van der Waals surface area contributed by atoms with Gasteiger partial charge in [0.25, 0.3) is 9.05 Å². The molecule has 0 aliphatic heterocycles. The van der Waals surface area contributed by atoms with Gasteiger partial charge in [0.05, 0.1) is 4.90 Å². The zero-order valence-electron chi connectivity index (χ0n) is 7.40. The summed E-state index contributed by atoms with van der Waals surface area (Å²) in [5.74, 6) is 0. The van der Waals surface area contributed by atoms with Gasteiger partial charge < -0.3 is 0 Å². The first-order valence-electron chi connectivity index (χ1n) is 3.82. The van der Waals surface area contributed by atoms with Crippen LogP contribution in [0.4, 0.5) is 0 Å². The number of hydrogen-bond acceptors (Lipinski definition) is 2. The summed E-state index contributed by atoms with van der Waals surface area (Å²) in [6.07, 6.45) is 3.18. The second-order valence-electron chi connectivity index (χ2n) is 2.64. The van der Waals surface area contributed by atoms with Crippen LogP contribution in [0.1, 0.15) is 11.1 Å². The van der Waals surface area contributed by atoms with Gasteiger partial charge in [-0.25, -0.2) is 8.42 Å². The molecule has 0 unspecified atom stereocenters. The summed E-state index contributed by atoms with van der Waals surface area (Å²) in [5.41, 5.74) is 1.52. The summed E-state index contributed by atoms with van der Waals surface area (Å²) < 4.78 is 22.0. The van der Waals surface area contributed by atoms with Crippen molar-refractivity contribution in [1.29, 1.82) is 0 Å². The molecule has 2 nitrogen and oxygen atoms in total. The maximum atomic E-state index is 11.0. The first kappa shape index (κ1) is 11.0. The number of benzene rings is 1. The Morgan fingerprint density at radius 3 is 2.14 bits per heavy atom. The molecule has 0 radical (unpaired) electrons. The first-order chi connectivity index (χ1) is 6.49. The highest BCUT2D eigenvalue weighted by molar-refractivity contribution is 8.13. The minimum Gasteiger partial charge on any atom is -0.207 e. The van der Waals surface area contributed by atoms with Crippen LogP contribution in [-0.4, -0.2) is 8.42 Å². The highest BCUT2D eigenvalue weighted by Crippen LogP contribution is 2.20. The Hall–Kier alpha value is -1.06. The molecule has 1 aromatic rings. The average molecular weight is 229 g/mol. The molecule has 74 valence electrons. The Labute approximate surface area is 87.9 Å². The standard InChI is InChI=1S/C10H9ClO2S/c1-3-8-5-6-10(14(11,12)13)7-9(8)4-2/h3-7H,1-2H2. The van der Waals surface area contributed by atoms with Gasteiger partial charge in [0.1, 0.15) is 0 Å². The number of hydrogen-bond donors (Lipinski definition) is 0. The van der Waals surface area contributed by atoms with Crippen LogP contribution in [0.3, 0.4) is 0 Å². The van der Waals surface area contributed by atoms with Crippen molar-refractivity contribution in [1.82, 2.24) is 0 Å². The topological polar surface area (TPSA) is 34.1 Å². The van der Waals surface area contributed by atoms with Crippen molar-refractivity contribution in [2.75, 3.05) is 0 Å². The van der Waals surface area contributed by atoms with Gasteiger partial charge in [-0.05, 0) is 23.3 Å².